The van der Waals surface area contributed by atoms with Gasteiger partial charge in [0.25, 0.3) is 15.6 Å². The number of sulfonamides is 1. The van der Waals surface area contributed by atoms with Crippen LogP contribution in [0.1, 0.15) is 18.2 Å². The molecule has 1 aromatic heterocycles. The van der Waals surface area contributed by atoms with Crippen LogP contribution in [0.3, 0.4) is 0 Å². The Labute approximate surface area is 171 Å². The third-order valence-electron chi connectivity index (χ3n) is 3.96. The first-order valence-corrected chi connectivity index (χ1v) is 10.0. The highest BCUT2D eigenvalue weighted by Gasteiger charge is 2.24. The van der Waals surface area contributed by atoms with Gasteiger partial charge in [0.2, 0.25) is 11.9 Å². The molecule has 0 saturated carbocycles. The molecular formula is C17H21FN6O5S. The van der Waals surface area contributed by atoms with Crippen LogP contribution in [0, 0.1) is 12.7 Å². The fourth-order valence-electron chi connectivity index (χ4n) is 2.63. The maximum absolute atomic E-state index is 13.4. The predicted octanol–water partition coefficient (Wildman–Crippen LogP) is -0.282. The Morgan fingerprint density at radius 3 is 2.57 bits per heavy atom. The molecule has 13 heteroatoms. The van der Waals surface area contributed by atoms with Crippen molar-refractivity contribution in [1.82, 2.24) is 4.57 Å². The van der Waals surface area contributed by atoms with Crippen LogP contribution in [0.4, 0.5) is 10.1 Å². The molecule has 1 unspecified atom stereocenters. The topological polar surface area (TPSA) is 185 Å². The quantitative estimate of drug-likeness (QED) is 0.179. The Kier molecular flexibility index (Phi) is 7.00. The van der Waals surface area contributed by atoms with Crippen molar-refractivity contribution in [3.8, 4) is 0 Å². The van der Waals surface area contributed by atoms with E-state index in [9.17, 15) is 22.4 Å². The number of guanidine groups is 1. The lowest BCUT2D eigenvalue weighted by atomic mass is 10.1. The molecule has 0 saturated heterocycles. The molecule has 1 atom stereocenters. The summed E-state index contributed by atoms with van der Waals surface area (Å²) in [5.74, 6) is -1.93. The van der Waals surface area contributed by atoms with E-state index in [0.29, 0.717) is 5.69 Å². The number of hydrogen-bond acceptors (Lipinski definition) is 6. The number of nitrogens with one attached hydrogen (secondary N) is 1. The summed E-state index contributed by atoms with van der Waals surface area (Å²) in [6, 6.07) is 5.78. The average molecular weight is 440 g/mol. The highest BCUT2D eigenvalue weighted by atomic mass is 32.2. The average Bonchev–Trinajstić information content (AvgIpc) is 2.65. The lowest BCUT2D eigenvalue weighted by Gasteiger charge is -2.20. The minimum atomic E-state index is -4.25. The summed E-state index contributed by atoms with van der Waals surface area (Å²) < 4.78 is 41.5. The largest absolute Gasteiger partial charge is 0.393 e. The first kappa shape index (κ1) is 22.7. The molecule has 30 heavy (non-hydrogen) atoms. The van der Waals surface area contributed by atoms with E-state index in [1.807, 2.05) is 0 Å². The van der Waals surface area contributed by atoms with Crippen LogP contribution in [0.25, 0.3) is 0 Å². The third-order valence-corrected chi connectivity index (χ3v) is 5.33. The Morgan fingerprint density at radius 1 is 1.27 bits per heavy atom. The van der Waals surface area contributed by atoms with Crippen LogP contribution in [0.15, 0.2) is 51.2 Å². The number of nitrogens with two attached hydrogens (primary N) is 3. The number of benzene rings is 1. The van der Waals surface area contributed by atoms with Gasteiger partial charge in [-0.25, -0.2) is 12.8 Å². The van der Waals surface area contributed by atoms with Gasteiger partial charge < -0.3 is 22.0 Å². The SMILES string of the molecule is Cc1ccc(NS(=O)(=O)c2cccc(F)c2)c(=O)n1C(CCON=C(N)N)C(N)=O. The molecule has 162 valence electrons. The van der Waals surface area contributed by atoms with Crippen LogP contribution in [0.5, 0.6) is 0 Å². The molecular weight excluding hydrogens is 419 g/mol. The molecule has 0 fully saturated rings. The zero-order chi connectivity index (χ0) is 22.5. The zero-order valence-electron chi connectivity index (χ0n) is 15.9. The van der Waals surface area contributed by atoms with Crippen molar-refractivity contribution in [3.05, 3.63) is 58.3 Å². The molecule has 2 aromatic rings. The van der Waals surface area contributed by atoms with E-state index in [2.05, 4.69) is 9.88 Å². The standard InChI is InChI=1S/C17H21FN6O5S/c1-10-5-6-13(23-30(27,28)12-4-2-3-11(18)9-12)16(26)24(10)14(15(19)25)7-8-29-22-17(20)21/h2-6,9,14,23H,7-8H2,1H3,(H2,19,25)(H4,20,21,22). The first-order chi connectivity index (χ1) is 14.0. The van der Waals surface area contributed by atoms with Gasteiger partial charge >= 0.3 is 0 Å². The molecule has 11 nitrogen and oxygen atoms in total. The number of halogens is 1. The van der Waals surface area contributed by atoms with Crippen molar-refractivity contribution in [1.29, 1.82) is 0 Å². The Balaban J connectivity index is 2.39. The number of aryl methyl sites for hydroxylation is 1. The van der Waals surface area contributed by atoms with Crippen molar-refractivity contribution in [2.75, 3.05) is 11.3 Å². The van der Waals surface area contributed by atoms with Gasteiger partial charge in [-0.15, -0.1) is 0 Å². The maximum atomic E-state index is 13.4. The summed E-state index contributed by atoms with van der Waals surface area (Å²) in [5.41, 5.74) is 14.9. The molecule has 0 aliphatic rings. The number of rotatable bonds is 9. The Morgan fingerprint density at radius 2 is 1.97 bits per heavy atom. The van der Waals surface area contributed by atoms with Gasteiger partial charge in [-0.1, -0.05) is 6.07 Å². The molecule has 1 heterocycles. The van der Waals surface area contributed by atoms with Gasteiger partial charge in [-0.3, -0.25) is 18.9 Å². The number of pyridine rings is 1. The van der Waals surface area contributed by atoms with E-state index < -0.39 is 33.3 Å². The monoisotopic (exact) mass is 440 g/mol. The Hall–Kier alpha value is -3.61. The highest BCUT2D eigenvalue weighted by Crippen LogP contribution is 2.18. The molecule has 0 aliphatic heterocycles. The number of hydrogen-bond donors (Lipinski definition) is 4. The van der Waals surface area contributed by atoms with Gasteiger partial charge in [0.15, 0.2) is 0 Å². The summed E-state index contributed by atoms with van der Waals surface area (Å²) in [4.78, 5) is 29.3. The second-order valence-electron chi connectivity index (χ2n) is 6.18. The van der Waals surface area contributed by atoms with Crippen LogP contribution in [0.2, 0.25) is 0 Å². The predicted molar refractivity (Wildman–Crippen MR) is 107 cm³/mol. The fraction of sp³-hybridized carbons (Fsp3) is 0.235. The van der Waals surface area contributed by atoms with Crippen molar-refractivity contribution < 1.29 is 22.4 Å². The van der Waals surface area contributed by atoms with Crippen molar-refractivity contribution >= 4 is 27.6 Å². The summed E-state index contributed by atoms with van der Waals surface area (Å²) in [5, 5.41) is 3.31. The van der Waals surface area contributed by atoms with Crippen LogP contribution < -0.4 is 27.5 Å². The summed E-state index contributed by atoms with van der Waals surface area (Å²) in [7, 11) is -4.25. The molecule has 0 spiro atoms. The third kappa shape index (κ3) is 5.47. The minimum Gasteiger partial charge on any atom is -0.393 e. The number of oxime groups is 1. The number of amides is 1. The van der Waals surface area contributed by atoms with E-state index >= 15 is 0 Å². The van der Waals surface area contributed by atoms with E-state index in [-0.39, 0.29) is 29.6 Å². The normalized spacial score (nSPS) is 12.1. The highest BCUT2D eigenvalue weighted by molar-refractivity contribution is 7.92. The van der Waals surface area contributed by atoms with Crippen LogP contribution in [-0.2, 0) is 19.7 Å². The van der Waals surface area contributed by atoms with E-state index in [1.54, 1.807) is 6.92 Å². The van der Waals surface area contributed by atoms with Gasteiger partial charge in [0, 0.05) is 12.1 Å². The molecule has 7 N–H and O–H groups in total. The maximum Gasteiger partial charge on any atom is 0.275 e. The van der Waals surface area contributed by atoms with E-state index in [0.717, 1.165) is 16.7 Å². The number of carbonyl (C=O) groups excluding carboxylic acids is 1. The lowest BCUT2D eigenvalue weighted by molar-refractivity contribution is -0.121. The number of nitrogens with zero attached hydrogens (tertiary/aromatic N) is 2. The second kappa shape index (κ2) is 9.26. The zero-order valence-corrected chi connectivity index (χ0v) is 16.7. The molecule has 2 rings (SSSR count). The van der Waals surface area contributed by atoms with Crippen molar-refractivity contribution in [2.24, 2.45) is 22.4 Å². The number of primary amides is 1. The summed E-state index contributed by atoms with van der Waals surface area (Å²) in [6.07, 6.45) is -0.0625. The Bertz CT molecular complexity index is 1130. The number of carbonyl (C=O) groups is 1. The molecule has 1 aromatic carbocycles. The fourth-order valence-corrected chi connectivity index (χ4v) is 3.72. The molecule has 1 amide bonds. The van der Waals surface area contributed by atoms with Crippen LogP contribution in [-0.4, -0.2) is 31.5 Å². The molecule has 0 bridgehead atoms. The smallest absolute Gasteiger partial charge is 0.275 e. The summed E-state index contributed by atoms with van der Waals surface area (Å²) >= 11 is 0. The van der Waals surface area contributed by atoms with E-state index in [4.69, 9.17) is 22.0 Å². The van der Waals surface area contributed by atoms with Gasteiger partial charge in [-0.2, -0.15) is 0 Å². The van der Waals surface area contributed by atoms with Crippen LogP contribution >= 0.6 is 0 Å². The second-order valence-corrected chi connectivity index (χ2v) is 7.87. The summed E-state index contributed by atoms with van der Waals surface area (Å²) in [6.45, 7) is 1.40. The van der Waals surface area contributed by atoms with Crippen molar-refractivity contribution in [3.63, 3.8) is 0 Å². The van der Waals surface area contributed by atoms with Crippen molar-refractivity contribution in [2.45, 2.75) is 24.3 Å². The van der Waals surface area contributed by atoms with Gasteiger partial charge in [0.05, 0.1) is 4.90 Å². The molecule has 0 aliphatic carbocycles. The van der Waals surface area contributed by atoms with E-state index in [1.165, 1.54) is 24.3 Å². The number of anilines is 1. The first-order valence-electron chi connectivity index (χ1n) is 8.53. The lowest BCUT2D eigenvalue weighted by Crippen LogP contribution is -2.37. The molecule has 0 radical (unpaired) electrons. The number of aromatic nitrogens is 1. The minimum absolute atomic E-state index is 0.0625. The van der Waals surface area contributed by atoms with Gasteiger partial charge in [-0.05, 0) is 42.4 Å². The van der Waals surface area contributed by atoms with Gasteiger partial charge in [0.1, 0.15) is 24.2 Å².